The number of aromatic nitrogens is 2. The Kier molecular flexibility index (Phi) is 5.97. The van der Waals surface area contributed by atoms with E-state index in [2.05, 4.69) is 15.5 Å². The molecule has 0 saturated carbocycles. The molecular formula is C27H22F2N4O3. The normalized spacial score (nSPS) is 15.8. The molecule has 1 aromatic heterocycles. The van der Waals surface area contributed by atoms with Gasteiger partial charge >= 0.3 is 6.03 Å². The molecule has 0 fully saturated rings. The van der Waals surface area contributed by atoms with E-state index in [9.17, 15) is 13.6 Å². The van der Waals surface area contributed by atoms with Gasteiger partial charge in [0.05, 0.1) is 24.4 Å². The van der Waals surface area contributed by atoms with Crippen molar-refractivity contribution in [1.82, 2.24) is 15.5 Å². The van der Waals surface area contributed by atoms with Crippen molar-refractivity contribution < 1.29 is 22.8 Å². The minimum Gasteiger partial charge on any atom is -0.497 e. The van der Waals surface area contributed by atoms with Crippen LogP contribution in [-0.2, 0) is 0 Å². The molecule has 1 N–H and O–H groups in total. The molecular weight excluding hydrogens is 466 g/mol. The zero-order valence-corrected chi connectivity index (χ0v) is 19.8. The number of rotatable bonds is 5. The molecule has 4 aromatic rings. The van der Waals surface area contributed by atoms with Crippen molar-refractivity contribution in [2.45, 2.75) is 19.9 Å². The highest BCUT2D eigenvalue weighted by molar-refractivity contribution is 6.01. The van der Waals surface area contributed by atoms with Gasteiger partial charge < -0.3 is 14.6 Å². The maximum atomic E-state index is 14.4. The predicted molar refractivity (Wildman–Crippen MR) is 130 cm³/mol. The van der Waals surface area contributed by atoms with Crippen molar-refractivity contribution in [2.24, 2.45) is 0 Å². The third-order valence-corrected chi connectivity index (χ3v) is 6.06. The summed E-state index contributed by atoms with van der Waals surface area (Å²) in [5.74, 6) is 0.0701. The zero-order chi connectivity index (χ0) is 25.4. The third kappa shape index (κ3) is 4.19. The lowest BCUT2D eigenvalue weighted by molar-refractivity contribution is 0.244. The average Bonchev–Trinajstić information content (AvgIpc) is 3.35. The predicted octanol–water partition coefficient (Wildman–Crippen LogP) is 6.03. The maximum Gasteiger partial charge on any atom is 0.327 e. The van der Waals surface area contributed by atoms with Gasteiger partial charge in [-0.3, -0.25) is 4.90 Å². The van der Waals surface area contributed by atoms with E-state index in [4.69, 9.17) is 9.26 Å². The fourth-order valence-electron chi connectivity index (χ4n) is 4.20. The number of carbonyl (C=O) groups excluding carboxylic acids is 1. The van der Waals surface area contributed by atoms with Crippen LogP contribution in [-0.4, -0.2) is 23.3 Å². The highest BCUT2D eigenvalue weighted by Crippen LogP contribution is 2.40. The number of methoxy groups -OCH3 is 1. The van der Waals surface area contributed by atoms with Crippen molar-refractivity contribution in [3.63, 3.8) is 0 Å². The fraction of sp³-hybridized carbons (Fsp3) is 0.148. The van der Waals surface area contributed by atoms with Gasteiger partial charge in [0.1, 0.15) is 17.4 Å². The lowest BCUT2D eigenvalue weighted by Gasteiger charge is -2.35. The summed E-state index contributed by atoms with van der Waals surface area (Å²) in [4.78, 5) is 19.2. The maximum absolute atomic E-state index is 14.4. The number of benzene rings is 3. The molecule has 2 amide bonds. The van der Waals surface area contributed by atoms with Crippen LogP contribution < -0.4 is 15.0 Å². The molecule has 3 aromatic carbocycles. The Balaban J connectivity index is 1.67. The van der Waals surface area contributed by atoms with Gasteiger partial charge in [0.25, 0.3) is 5.89 Å². The van der Waals surface area contributed by atoms with E-state index in [1.165, 1.54) is 23.1 Å². The zero-order valence-electron chi connectivity index (χ0n) is 19.8. The largest absolute Gasteiger partial charge is 0.497 e. The number of aryl methyl sites for hydroxylation is 1. The molecule has 9 heteroatoms. The minimum absolute atomic E-state index is 0.136. The number of ether oxygens (including phenoxy) is 1. The van der Waals surface area contributed by atoms with E-state index in [0.29, 0.717) is 33.8 Å². The lowest BCUT2D eigenvalue weighted by atomic mass is 9.94. The smallest absolute Gasteiger partial charge is 0.327 e. The molecule has 1 atom stereocenters. The first kappa shape index (κ1) is 23.2. The van der Waals surface area contributed by atoms with Gasteiger partial charge in [0.15, 0.2) is 0 Å². The van der Waals surface area contributed by atoms with E-state index < -0.39 is 23.7 Å². The van der Waals surface area contributed by atoms with Gasteiger partial charge in [-0.1, -0.05) is 35.5 Å². The second-order valence-electron chi connectivity index (χ2n) is 8.36. The van der Waals surface area contributed by atoms with Crippen LogP contribution in [0, 0.1) is 18.6 Å². The molecule has 182 valence electrons. The monoisotopic (exact) mass is 488 g/mol. The minimum atomic E-state index is -0.667. The lowest BCUT2D eigenvalue weighted by Crippen LogP contribution is -2.46. The van der Waals surface area contributed by atoms with Crippen molar-refractivity contribution in [2.75, 3.05) is 12.0 Å². The molecule has 5 rings (SSSR count). The molecule has 0 saturated heterocycles. The number of hydrogen-bond acceptors (Lipinski definition) is 5. The van der Waals surface area contributed by atoms with Crippen LogP contribution >= 0.6 is 0 Å². The number of allylic oxidation sites excluding steroid dienone is 1. The van der Waals surface area contributed by atoms with Crippen LogP contribution in [0.2, 0.25) is 0 Å². The first-order valence-electron chi connectivity index (χ1n) is 11.2. The fourth-order valence-corrected chi connectivity index (χ4v) is 4.20. The quantitative estimate of drug-likeness (QED) is 0.371. The van der Waals surface area contributed by atoms with E-state index in [0.717, 1.165) is 5.56 Å². The molecule has 7 nitrogen and oxygen atoms in total. The second kappa shape index (κ2) is 9.26. The molecule has 2 heterocycles. The number of carbonyl (C=O) groups is 1. The topological polar surface area (TPSA) is 80.5 Å². The summed E-state index contributed by atoms with van der Waals surface area (Å²) in [6.07, 6.45) is 0. The number of halogens is 2. The number of hydrogen-bond donors (Lipinski definition) is 1. The van der Waals surface area contributed by atoms with Crippen LogP contribution in [0.3, 0.4) is 0 Å². The molecule has 0 spiro atoms. The van der Waals surface area contributed by atoms with Crippen LogP contribution in [0.25, 0.3) is 17.0 Å². The van der Waals surface area contributed by atoms with Gasteiger partial charge in [-0.2, -0.15) is 4.98 Å². The summed E-state index contributed by atoms with van der Waals surface area (Å²) in [7, 11) is 1.55. The average molecular weight is 488 g/mol. The molecule has 0 radical (unpaired) electrons. The molecule has 0 bridgehead atoms. The first-order chi connectivity index (χ1) is 17.4. The standard InChI is InChI=1S/C27H22F2N4O3/c1-15-10-11-20(14-22(15)29)33-16(2)23(24(30-27(33)34)17-6-5-9-21(13-17)35-3)26-31-25(32-36-26)18-7-4-8-19(28)12-18/h4-14,24H,1-3H3,(H,30,34). The van der Waals surface area contributed by atoms with Crippen LogP contribution in [0.4, 0.5) is 19.3 Å². The summed E-state index contributed by atoms with van der Waals surface area (Å²) in [6.45, 7) is 3.37. The van der Waals surface area contributed by atoms with Gasteiger partial charge in [-0.15, -0.1) is 0 Å². The van der Waals surface area contributed by atoms with E-state index in [1.54, 1.807) is 63.4 Å². The highest BCUT2D eigenvalue weighted by atomic mass is 19.1. The Morgan fingerprint density at radius 3 is 2.58 bits per heavy atom. The Labute approximate surface area is 206 Å². The summed E-state index contributed by atoms with van der Waals surface area (Å²) in [5.41, 5.74) is 2.96. The van der Waals surface area contributed by atoms with Crippen LogP contribution in [0.15, 0.2) is 77.0 Å². The summed E-state index contributed by atoms with van der Waals surface area (Å²) in [5, 5.41) is 7.01. The number of amides is 2. The van der Waals surface area contributed by atoms with Gasteiger partial charge in [-0.25, -0.2) is 13.6 Å². The molecule has 1 unspecified atom stereocenters. The summed E-state index contributed by atoms with van der Waals surface area (Å²) in [6, 6.07) is 16.5. The number of anilines is 1. The SMILES string of the molecule is COc1cccc(C2NC(=O)N(c3ccc(C)c(F)c3)C(C)=C2c2nc(-c3cccc(F)c3)no2)c1. The first-order valence-corrected chi connectivity index (χ1v) is 11.2. The van der Waals surface area contributed by atoms with Gasteiger partial charge in [0, 0.05) is 11.3 Å². The molecule has 0 aliphatic carbocycles. The molecule has 1 aliphatic heterocycles. The summed E-state index contributed by atoms with van der Waals surface area (Å²) < 4.78 is 39.2. The number of nitrogens with one attached hydrogen (secondary N) is 1. The van der Waals surface area contributed by atoms with Crippen molar-refractivity contribution in [1.29, 1.82) is 0 Å². The molecule has 36 heavy (non-hydrogen) atoms. The van der Waals surface area contributed by atoms with E-state index in [-0.39, 0.29) is 11.7 Å². The van der Waals surface area contributed by atoms with Gasteiger partial charge in [0.2, 0.25) is 5.82 Å². The Morgan fingerprint density at radius 2 is 1.83 bits per heavy atom. The van der Waals surface area contributed by atoms with Crippen LogP contribution in [0.5, 0.6) is 5.75 Å². The number of urea groups is 1. The molecule has 1 aliphatic rings. The van der Waals surface area contributed by atoms with Crippen molar-refractivity contribution in [3.8, 4) is 17.1 Å². The highest BCUT2D eigenvalue weighted by Gasteiger charge is 2.37. The van der Waals surface area contributed by atoms with E-state index in [1.807, 2.05) is 6.07 Å². The van der Waals surface area contributed by atoms with Gasteiger partial charge in [-0.05, 0) is 61.4 Å². The van der Waals surface area contributed by atoms with Crippen LogP contribution in [0.1, 0.15) is 30.0 Å². The van der Waals surface area contributed by atoms with Crippen molar-refractivity contribution in [3.05, 3.63) is 101 Å². The Bertz CT molecular complexity index is 1500. The Hall–Kier alpha value is -4.53. The number of nitrogens with zero attached hydrogens (tertiary/aromatic N) is 3. The van der Waals surface area contributed by atoms with Crippen molar-refractivity contribution >= 4 is 17.3 Å². The second-order valence-corrected chi connectivity index (χ2v) is 8.36. The third-order valence-electron chi connectivity index (χ3n) is 6.06. The Morgan fingerprint density at radius 1 is 1.03 bits per heavy atom. The van der Waals surface area contributed by atoms with E-state index >= 15 is 0 Å². The summed E-state index contributed by atoms with van der Waals surface area (Å²) >= 11 is 0.